The number of aryl methyl sites for hydroxylation is 1. The molecule has 9 heteroatoms. The van der Waals surface area contributed by atoms with E-state index < -0.39 is 30.3 Å². The van der Waals surface area contributed by atoms with Crippen LogP contribution in [0.3, 0.4) is 0 Å². The number of furan rings is 1. The molecule has 0 radical (unpaired) electrons. The molecule has 0 N–H and O–H groups in total. The smallest absolute Gasteiger partial charge is 0.357 e. The third-order valence-electron chi connectivity index (χ3n) is 5.70. The number of imidazole rings is 1. The Morgan fingerprint density at radius 3 is 2.60 bits per heavy atom. The molecule has 0 fully saturated rings. The van der Waals surface area contributed by atoms with E-state index in [0.717, 1.165) is 16.8 Å². The van der Waals surface area contributed by atoms with Crippen molar-refractivity contribution in [2.75, 3.05) is 6.61 Å². The molecule has 2 aromatic heterocycles. The molecule has 1 aliphatic heterocycles. The number of hydrogen-bond acceptors (Lipinski definition) is 6. The average molecular weight is 472 g/mol. The molecule has 0 saturated heterocycles. The van der Waals surface area contributed by atoms with Crippen molar-refractivity contribution >= 4 is 17.6 Å². The number of esters is 1. The molecule has 176 valence electrons. The van der Waals surface area contributed by atoms with Crippen molar-refractivity contribution in [1.82, 2.24) is 14.6 Å². The zero-order chi connectivity index (χ0) is 24.4. The fourth-order valence-electron chi connectivity index (χ4n) is 3.88. The lowest BCUT2D eigenvalue weighted by molar-refractivity contribution is -0.136. The highest BCUT2D eigenvalue weighted by Crippen LogP contribution is 2.33. The van der Waals surface area contributed by atoms with Gasteiger partial charge in [-0.3, -0.25) is 9.36 Å². The standard InChI is InChI=1S/C26H21FN4O4/c1-17-4-6-18(7-5-17)21-13-22(24-3-2-12-34-24)31(29-21)25(32)15-35-26(33)23-14-28-16-30(23)20-10-8-19(27)9-11-20/h2-12,14,16,22H,13,15H2,1H3. The summed E-state index contributed by atoms with van der Waals surface area (Å²) in [6.07, 6.45) is 4.74. The zero-order valence-electron chi connectivity index (χ0n) is 18.8. The van der Waals surface area contributed by atoms with Gasteiger partial charge in [-0.05, 0) is 48.9 Å². The van der Waals surface area contributed by atoms with Crippen LogP contribution in [0.15, 0.2) is 89.0 Å². The number of hydrazone groups is 1. The van der Waals surface area contributed by atoms with Crippen LogP contribution in [0.1, 0.15) is 39.8 Å². The first-order valence-corrected chi connectivity index (χ1v) is 10.9. The number of nitrogens with zero attached hydrogens (tertiary/aromatic N) is 4. The van der Waals surface area contributed by atoms with Gasteiger partial charge in [0.05, 0.1) is 24.5 Å². The monoisotopic (exact) mass is 472 g/mol. The van der Waals surface area contributed by atoms with E-state index in [1.807, 2.05) is 31.2 Å². The summed E-state index contributed by atoms with van der Waals surface area (Å²) in [7, 11) is 0. The van der Waals surface area contributed by atoms with Gasteiger partial charge in [0.15, 0.2) is 12.3 Å². The Labute approximate surface area is 200 Å². The quantitative estimate of drug-likeness (QED) is 0.387. The second kappa shape index (κ2) is 9.38. The lowest BCUT2D eigenvalue weighted by Crippen LogP contribution is -2.31. The van der Waals surface area contributed by atoms with E-state index in [-0.39, 0.29) is 5.69 Å². The first-order chi connectivity index (χ1) is 17.0. The lowest BCUT2D eigenvalue weighted by Gasteiger charge is -2.19. The van der Waals surface area contributed by atoms with Gasteiger partial charge in [-0.15, -0.1) is 0 Å². The van der Waals surface area contributed by atoms with Gasteiger partial charge in [-0.2, -0.15) is 5.10 Å². The molecule has 4 aromatic rings. The van der Waals surface area contributed by atoms with Crippen LogP contribution < -0.4 is 0 Å². The van der Waals surface area contributed by atoms with E-state index in [9.17, 15) is 14.0 Å². The number of halogens is 1. The zero-order valence-corrected chi connectivity index (χ0v) is 18.8. The average Bonchev–Trinajstić information content (AvgIpc) is 3.63. The second-order valence-corrected chi connectivity index (χ2v) is 8.09. The van der Waals surface area contributed by atoms with E-state index in [0.29, 0.717) is 17.9 Å². The molecule has 35 heavy (non-hydrogen) atoms. The SMILES string of the molecule is Cc1ccc(C2=NN(C(=O)COC(=O)c3cncn3-c3ccc(F)cc3)C(c3ccco3)C2)cc1. The predicted molar refractivity (Wildman–Crippen MR) is 124 cm³/mol. The number of amides is 1. The van der Waals surface area contributed by atoms with Crippen molar-refractivity contribution in [2.24, 2.45) is 5.10 Å². The highest BCUT2D eigenvalue weighted by Gasteiger charge is 2.35. The molecular formula is C26H21FN4O4. The van der Waals surface area contributed by atoms with E-state index >= 15 is 0 Å². The van der Waals surface area contributed by atoms with Gasteiger partial charge in [-0.1, -0.05) is 29.8 Å². The molecule has 5 rings (SSSR count). The topological polar surface area (TPSA) is 89.9 Å². The van der Waals surface area contributed by atoms with Crippen molar-refractivity contribution in [1.29, 1.82) is 0 Å². The maximum atomic E-state index is 13.3. The normalized spacial score (nSPS) is 15.2. The predicted octanol–water partition coefficient (Wildman–Crippen LogP) is 4.45. The number of benzene rings is 2. The van der Waals surface area contributed by atoms with Crippen LogP contribution in [0, 0.1) is 12.7 Å². The number of ether oxygens (including phenoxy) is 1. The van der Waals surface area contributed by atoms with Crippen LogP contribution in [0.2, 0.25) is 0 Å². The lowest BCUT2D eigenvalue weighted by atomic mass is 10.0. The van der Waals surface area contributed by atoms with E-state index in [1.54, 1.807) is 18.4 Å². The summed E-state index contributed by atoms with van der Waals surface area (Å²) in [6, 6.07) is 16.5. The van der Waals surface area contributed by atoms with Crippen molar-refractivity contribution < 1.29 is 23.1 Å². The Bertz CT molecular complexity index is 1380. The minimum Gasteiger partial charge on any atom is -0.467 e. The Kier molecular flexibility index (Phi) is 5.97. The molecule has 1 aliphatic rings. The number of carbonyl (C=O) groups is 2. The van der Waals surface area contributed by atoms with Crippen molar-refractivity contribution in [3.8, 4) is 5.69 Å². The molecule has 8 nitrogen and oxygen atoms in total. The third kappa shape index (κ3) is 4.61. The largest absolute Gasteiger partial charge is 0.467 e. The number of hydrogen-bond donors (Lipinski definition) is 0. The maximum absolute atomic E-state index is 13.3. The van der Waals surface area contributed by atoms with Gasteiger partial charge >= 0.3 is 5.97 Å². The van der Waals surface area contributed by atoms with Gasteiger partial charge in [0.1, 0.15) is 17.6 Å². The molecule has 3 heterocycles. The van der Waals surface area contributed by atoms with Crippen molar-refractivity contribution in [2.45, 2.75) is 19.4 Å². The highest BCUT2D eigenvalue weighted by atomic mass is 19.1. The molecule has 0 spiro atoms. The summed E-state index contributed by atoms with van der Waals surface area (Å²) in [4.78, 5) is 29.8. The van der Waals surface area contributed by atoms with Crippen LogP contribution in [0.25, 0.3) is 5.69 Å². The highest BCUT2D eigenvalue weighted by molar-refractivity contribution is 6.03. The summed E-state index contributed by atoms with van der Waals surface area (Å²) >= 11 is 0. The van der Waals surface area contributed by atoms with Gasteiger partial charge < -0.3 is 9.15 Å². The summed E-state index contributed by atoms with van der Waals surface area (Å²) in [5.74, 6) is -1.04. The first-order valence-electron chi connectivity index (χ1n) is 10.9. The first kappa shape index (κ1) is 22.3. The maximum Gasteiger partial charge on any atom is 0.357 e. The number of rotatable bonds is 6. The summed E-state index contributed by atoms with van der Waals surface area (Å²) in [5.41, 5.74) is 3.40. The minimum absolute atomic E-state index is 0.109. The Hall–Kier alpha value is -4.53. The molecule has 1 unspecified atom stereocenters. The summed E-state index contributed by atoms with van der Waals surface area (Å²) in [6.45, 7) is 1.48. The summed E-state index contributed by atoms with van der Waals surface area (Å²) in [5, 5.41) is 5.84. The number of carbonyl (C=O) groups excluding carboxylic acids is 2. The third-order valence-corrected chi connectivity index (χ3v) is 5.70. The molecule has 0 aliphatic carbocycles. The van der Waals surface area contributed by atoms with Crippen LogP contribution >= 0.6 is 0 Å². The van der Waals surface area contributed by atoms with Gasteiger partial charge in [0, 0.05) is 12.1 Å². The Balaban J connectivity index is 1.32. The molecule has 0 bridgehead atoms. The van der Waals surface area contributed by atoms with Gasteiger partial charge in [-0.25, -0.2) is 19.2 Å². The molecule has 2 aromatic carbocycles. The summed E-state index contributed by atoms with van der Waals surface area (Å²) < 4.78 is 25.6. The second-order valence-electron chi connectivity index (χ2n) is 8.09. The van der Waals surface area contributed by atoms with Gasteiger partial charge in [0.25, 0.3) is 5.91 Å². The van der Waals surface area contributed by atoms with E-state index in [4.69, 9.17) is 9.15 Å². The Morgan fingerprint density at radius 1 is 1.11 bits per heavy atom. The van der Waals surface area contributed by atoms with Crippen LogP contribution in [-0.4, -0.2) is 38.8 Å². The fraction of sp³-hybridized carbons (Fsp3) is 0.154. The molecular weight excluding hydrogens is 451 g/mol. The van der Waals surface area contributed by atoms with Crippen molar-refractivity contribution in [3.63, 3.8) is 0 Å². The van der Waals surface area contributed by atoms with Crippen LogP contribution in [0.4, 0.5) is 4.39 Å². The van der Waals surface area contributed by atoms with Crippen molar-refractivity contribution in [3.05, 3.63) is 108 Å². The van der Waals surface area contributed by atoms with Crippen LogP contribution in [-0.2, 0) is 9.53 Å². The molecule has 0 saturated carbocycles. The van der Waals surface area contributed by atoms with E-state index in [2.05, 4.69) is 10.1 Å². The van der Waals surface area contributed by atoms with Gasteiger partial charge in [0.2, 0.25) is 0 Å². The van der Waals surface area contributed by atoms with Crippen LogP contribution in [0.5, 0.6) is 0 Å². The minimum atomic E-state index is -0.739. The van der Waals surface area contributed by atoms with E-state index in [1.165, 1.54) is 46.4 Å². The fourth-order valence-corrected chi connectivity index (χ4v) is 3.88. The molecule has 1 atom stereocenters. The number of aromatic nitrogens is 2. The molecule has 1 amide bonds. The Morgan fingerprint density at radius 2 is 1.89 bits per heavy atom.